The summed E-state index contributed by atoms with van der Waals surface area (Å²) in [7, 11) is 0. The molecule has 0 bridgehead atoms. The van der Waals surface area contributed by atoms with Crippen molar-refractivity contribution in [2.75, 3.05) is 0 Å². The van der Waals surface area contributed by atoms with Crippen LogP contribution in [0.4, 0.5) is 0 Å². The van der Waals surface area contributed by atoms with Gasteiger partial charge < -0.3 is 0 Å². The highest BCUT2D eigenvalue weighted by atomic mass is 14.9. The van der Waals surface area contributed by atoms with Crippen LogP contribution in [0.15, 0.2) is 352 Å². The number of nitrogens with zero attached hydrogens (tertiary/aromatic N) is 6. The maximum Gasteiger partial charge on any atom is 0.160 e. The number of benzene rings is 16. The Morgan fingerprint density at radius 1 is 0.204 bits per heavy atom. The van der Waals surface area contributed by atoms with E-state index in [4.69, 9.17) is 24.9 Å². The SMILES string of the molecule is CC1(C)c2cc(-c3cc4ncccc4c(-c4ccccc4)n3)ccc2-c2cc3ccccc3cc21.CC1(C)c2cc(-c3nc(-c4ccccc4)c4ccc5ccccc5c4n3)ccc2-c2cc3ccccc3cc21.CC1(C)c2cc(-c3nc4c(ccc5ccccc54)nc3-c3ccccc3)ccc2-c2cc3ccccc3cc21. The van der Waals surface area contributed by atoms with Crippen molar-refractivity contribution < 1.29 is 0 Å². The lowest BCUT2D eigenvalue weighted by molar-refractivity contribution is 0.661. The third kappa shape index (κ3) is 11.1. The van der Waals surface area contributed by atoms with Crippen molar-refractivity contribution in [1.82, 2.24) is 29.9 Å². The first-order chi connectivity index (χ1) is 55.2. The van der Waals surface area contributed by atoms with Crippen molar-refractivity contribution >= 4 is 86.7 Å². The summed E-state index contributed by atoms with van der Waals surface area (Å²) in [6.45, 7) is 14.0. The van der Waals surface area contributed by atoms with E-state index in [1.807, 2.05) is 30.5 Å². The monoisotopic (exact) mass is 1440 g/mol. The molecule has 4 aromatic heterocycles. The van der Waals surface area contributed by atoms with Crippen molar-refractivity contribution in [2.45, 2.75) is 57.8 Å². The molecule has 23 rings (SSSR count). The predicted octanol–water partition coefficient (Wildman–Crippen LogP) is 27.6. The van der Waals surface area contributed by atoms with Crippen LogP contribution in [-0.2, 0) is 16.2 Å². The van der Waals surface area contributed by atoms with Crippen LogP contribution in [0.2, 0.25) is 0 Å². The number of rotatable bonds is 6. The maximum absolute atomic E-state index is 5.35. The normalized spacial score (nSPS) is 13.6. The van der Waals surface area contributed by atoms with Gasteiger partial charge in [0.15, 0.2) is 5.82 Å². The molecular weight excluding hydrogens is 1370 g/mol. The first-order valence-electron chi connectivity index (χ1n) is 39.1. The zero-order valence-electron chi connectivity index (χ0n) is 63.7. The molecule has 113 heavy (non-hydrogen) atoms. The van der Waals surface area contributed by atoms with Gasteiger partial charge in [-0.1, -0.05) is 302 Å². The molecule has 0 amide bonds. The summed E-state index contributed by atoms with van der Waals surface area (Å²) in [6.07, 6.45) is 1.86. The Morgan fingerprint density at radius 3 is 1.10 bits per heavy atom. The lowest BCUT2D eigenvalue weighted by atomic mass is 9.81. The van der Waals surface area contributed by atoms with Crippen LogP contribution in [0.3, 0.4) is 0 Å². The third-order valence-corrected chi connectivity index (χ3v) is 24.3. The molecule has 3 aliphatic rings. The maximum atomic E-state index is 5.35. The summed E-state index contributed by atoms with van der Waals surface area (Å²) in [6, 6.07) is 124. The minimum atomic E-state index is -0.116. The van der Waals surface area contributed by atoms with Crippen molar-refractivity contribution in [1.29, 1.82) is 0 Å². The Hall–Kier alpha value is -13.9. The van der Waals surface area contributed by atoms with Crippen molar-refractivity contribution in [2.24, 2.45) is 0 Å². The first kappa shape index (κ1) is 67.2. The molecule has 6 heteroatoms. The predicted molar refractivity (Wildman–Crippen MR) is 471 cm³/mol. The smallest absolute Gasteiger partial charge is 0.160 e. The highest BCUT2D eigenvalue weighted by Crippen LogP contribution is 2.55. The molecule has 3 aliphatic carbocycles. The molecule has 0 radical (unpaired) electrons. The lowest BCUT2D eigenvalue weighted by Gasteiger charge is -2.22. The second-order valence-electron chi connectivity index (χ2n) is 32.1. The van der Waals surface area contributed by atoms with E-state index >= 15 is 0 Å². The van der Waals surface area contributed by atoms with Crippen molar-refractivity contribution in [3.63, 3.8) is 0 Å². The van der Waals surface area contributed by atoms with Gasteiger partial charge >= 0.3 is 0 Å². The Balaban J connectivity index is 0.000000107. The average molecular weight is 1450 g/mol. The largest absolute Gasteiger partial charge is 0.256 e. The molecule has 0 fully saturated rings. The fourth-order valence-electron chi connectivity index (χ4n) is 18.3. The van der Waals surface area contributed by atoms with Gasteiger partial charge in [0.1, 0.15) is 0 Å². The lowest BCUT2D eigenvalue weighted by Crippen LogP contribution is -2.15. The topological polar surface area (TPSA) is 77.3 Å². The van der Waals surface area contributed by atoms with Gasteiger partial charge in [0.2, 0.25) is 0 Å². The van der Waals surface area contributed by atoms with Gasteiger partial charge in [-0.2, -0.15) is 0 Å². The van der Waals surface area contributed by atoms with Crippen LogP contribution in [-0.4, -0.2) is 29.9 Å². The van der Waals surface area contributed by atoms with Gasteiger partial charge in [0.05, 0.1) is 50.5 Å². The standard InChI is InChI=1S/2C37H26N2.C33H24N2/c1-37(2)32-22-27(17-18-29(32)31-20-25-13-6-7-14-26(25)21-33(31)37)36-38-34(24-11-4-3-5-12-24)30-19-16-23-10-8-9-15-28(23)35(30)39-36;1-37(2)31-22-27(16-18-29(31)30-20-25-13-6-7-14-26(25)21-32(30)37)35-34(24-11-4-3-5-12-24)38-33-19-17-23-10-8-9-15-28(23)36(33)39-35;1-33(2)28-19-24(14-15-25(28)27-17-22-11-6-7-12-23(22)18-29(27)33)30-20-31-26(13-8-16-34-31)32(35-30)21-9-4-3-5-10-21/h2*3-22H,1-2H3;3-20H,1-2H3. The first-order valence-corrected chi connectivity index (χ1v) is 39.1. The van der Waals surface area contributed by atoms with Crippen LogP contribution in [0.25, 0.3) is 188 Å². The molecule has 534 valence electrons. The van der Waals surface area contributed by atoms with Crippen molar-refractivity contribution in [3.8, 4) is 101 Å². The summed E-state index contributed by atoms with van der Waals surface area (Å²) in [4.78, 5) is 30.8. The Labute approximate surface area is 656 Å². The molecule has 0 saturated carbocycles. The van der Waals surface area contributed by atoms with E-state index in [1.165, 1.54) is 110 Å². The second-order valence-corrected chi connectivity index (χ2v) is 32.1. The van der Waals surface area contributed by atoms with E-state index < -0.39 is 0 Å². The van der Waals surface area contributed by atoms with Gasteiger partial charge in [-0.15, -0.1) is 0 Å². The van der Waals surface area contributed by atoms with Crippen LogP contribution in [0.5, 0.6) is 0 Å². The quantitative estimate of drug-likeness (QED) is 0.154. The fraction of sp³-hybridized carbons (Fsp3) is 0.0841. The van der Waals surface area contributed by atoms with Gasteiger partial charge in [-0.3, -0.25) is 4.98 Å². The molecule has 0 saturated heterocycles. The van der Waals surface area contributed by atoms with E-state index in [0.717, 1.165) is 111 Å². The zero-order valence-corrected chi connectivity index (χ0v) is 63.7. The van der Waals surface area contributed by atoms with Gasteiger partial charge in [-0.05, 0) is 195 Å². The van der Waals surface area contributed by atoms with E-state index in [1.54, 1.807) is 0 Å². The average Bonchev–Trinajstić information content (AvgIpc) is 1.57. The minimum absolute atomic E-state index is 0.0813. The summed E-state index contributed by atoms with van der Waals surface area (Å²) in [5, 5.41) is 14.5. The number of pyridine rings is 2. The molecular formula is C107H76N6. The Kier molecular flexibility index (Phi) is 15.5. The second kappa shape index (κ2) is 26.1. The van der Waals surface area contributed by atoms with Crippen LogP contribution >= 0.6 is 0 Å². The summed E-state index contributed by atoms with van der Waals surface area (Å²) < 4.78 is 0. The van der Waals surface area contributed by atoms with E-state index in [2.05, 4.69) is 368 Å². The molecule has 16 aromatic carbocycles. The van der Waals surface area contributed by atoms with Crippen LogP contribution in [0, 0.1) is 0 Å². The molecule has 0 atom stereocenters. The number of hydrogen-bond donors (Lipinski definition) is 0. The fourth-order valence-corrected chi connectivity index (χ4v) is 18.3. The summed E-state index contributed by atoms with van der Waals surface area (Å²) in [5.41, 5.74) is 30.9. The van der Waals surface area contributed by atoms with E-state index in [-0.39, 0.29) is 16.2 Å². The summed E-state index contributed by atoms with van der Waals surface area (Å²) >= 11 is 0. The van der Waals surface area contributed by atoms with E-state index in [9.17, 15) is 0 Å². The van der Waals surface area contributed by atoms with Gasteiger partial charge in [-0.25, -0.2) is 24.9 Å². The number of fused-ring (bicyclic) bond motifs is 19. The van der Waals surface area contributed by atoms with Crippen molar-refractivity contribution in [3.05, 3.63) is 385 Å². The Morgan fingerprint density at radius 2 is 0.584 bits per heavy atom. The van der Waals surface area contributed by atoms with Gasteiger partial charge in [0.25, 0.3) is 0 Å². The van der Waals surface area contributed by atoms with Gasteiger partial charge in [0, 0.05) is 77.4 Å². The molecule has 4 heterocycles. The summed E-state index contributed by atoms with van der Waals surface area (Å²) in [5.74, 6) is 0.762. The zero-order chi connectivity index (χ0) is 75.8. The highest BCUT2D eigenvalue weighted by Gasteiger charge is 2.39. The molecule has 0 N–H and O–H groups in total. The van der Waals surface area contributed by atoms with Crippen LogP contribution in [0.1, 0.15) is 74.9 Å². The molecule has 0 spiro atoms. The third-order valence-electron chi connectivity index (χ3n) is 24.3. The molecule has 0 unspecified atom stereocenters. The minimum Gasteiger partial charge on any atom is -0.256 e. The Bertz CT molecular complexity index is 7330. The highest BCUT2D eigenvalue weighted by molar-refractivity contribution is 6.11. The van der Waals surface area contributed by atoms with E-state index in [0.29, 0.717) is 0 Å². The van der Waals surface area contributed by atoms with Crippen LogP contribution < -0.4 is 0 Å². The molecule has 20 aromatic rings. The number of hydrogen-bond acceptors (Lipinski definition) is 6. The number of aromatic nitrogens is 6. The molecule has 0 aliphatic heterocycles. The molecule has 6 nitrogen and oxygen atoms in total.